The van der Waals surface area contributed by atoms with Gasteiger partial charge in [-0.25, -0.2) is 9.37 Å². The molecule has 2 aromatic rings. The minimum atomic E-state index is -0.424. The van der Waals surface area contributed by atoms with Crippen LogP contribution in [0.15, 0.2) is 17.6 Å². The van der Waals surface area contributed by atoms with Crippen LogP contribution in [0.25, 0.3) is 0 Å². The zero-order valence-electron chi connectivity index (χ0n) is 12.5. The van der Waals surface area contributed by atoms with Crippen molar-refractivity contribution in [3.63, 3.8) is 0 Å². The summed E-state index contributed by atoms with van der Waals surface area (Å²) in [5.74, 6) is -0.180. The summed E-state index contributed by atoms with van der Waals surface area (Å²) in [4.78, 5) is 7.38. The second kappa shape index (κ2) is 6.76. The average Bonchev–Trinajstić information content (AvgIpc) is 2.83. The van der Waals surface area contributed by atoms with E-state index in [1.165, 1.54) is 6.07 Å². The van der Waals surface area contributed by atoms with Crippen molar-refractivity contribution in [1.82, 2.24) is 4.98 Å². The largest absolute Gasteiger partial charge is 0.490 e. The van der Waals surface area contributed by atoms with Crippen LogP contribution in [0.1, 0.15) is 23.9 Å². The van der Waals surface area contributed by atoms with Crippen molar-refractivity contribution < 1.29 is 9.13 Å². The molecule has 0 saturated heterocycles. The smallest absolute Gasteiger partial charge is 0.167 e. The Hall–Kier alpha value is -1.82. The lowest BCUT2D eigenvalue weighted by molar-refractivity contribution is 0.301. The number of aromatic nitrogens is 1. The van der Waals surface area contributed by atoms with Gasteiger partial charge in [0.1, 0.15) is 0 Å². The third kappa shape index (κ3) is 3.64. The first-order chi connectivity index (χ1) is 10.0. The summed E-state index contributed by atoms with van der Waals surface area (Å²) in [7, 11) is 1.92. The lowest BCUT2D eigenvalue weighted by atomic mass is 10.2. The van der Waals surface area contributed by atoms with Crippen molar-refractivity contribution in [3.8, 4) is 5.75 Å². The number of hydrogen-bond donors (Lipinski definition) is 1. The lowest BCUT2D eigenvalue weighted by Crippen LogP contribution is -2.18. The van der Waals surface area contributed by atoms with Crippen LogP contribution in [0.5, 0.6) is 5.75 Å². The first-order valence-electron chi connectivity index (χ1n) is 6.84. The molecule has 0 amide bonds. The Labute approximate surface area is 128 Å². The van der Waals surface area contributed by atoms with Crippen molar-refractivity contribution in [2.75, 3.05) is 24.3 Å². The number of rotatable bonds is 6. The monoisotopic (exact) mass is 309 g/mol. The molecule has 0 radical (unpaired) electrons. The summed E-state index contributed by atoms with van der Waals surface area (Å²) < 4.78 is 19.3. The maximum absolute atomic E-state index is 13.8. The van der Waals surface area contributed by atoms with Crippen molar-refractivity contribution >= 4 is 22.7 Å². The number of nitrogens with zero attached hydrogens (tertiary/aromatic N) is 2. The van der Waals surface area contributed by atoms with Crippen LogP contribution in [0.2, 0.25) is 0 Å². The Morgan fingerprint density at radius 1 is 1.43 bits per heavy atom. The van der Waals surface area contributed by atoms with Crippen LogP contribution in [-0.4, -0.2) is 18.6 Å². The van der Waals surface area contributed by atoms with E-state index in [0.717, 1.165) is 22.7 Å². The zero-order valence-corrected chi connectivity index (χ0v) is 13.3. The van der Waals surface area contributed by atoms with E-state index in [1.807, 2.05) is 31.3 Å². The Kier molecular flexibility index (Phi) is 5.01. The molecule has 2 N–H and O–H groups in total. The van der Waals surface area contributed by atoms with E-state index in [9.17, 15) is 4.39 Å². The van der Waals surface area contributed by atoms with Crippen LogP contribution in [0, 0.1) is 12.7 Å². The number of nitrogen functional groups attached to an aromatic ring is 1. The highest BCUT2D eigenvalue weighted by Gasteiger charge is 2.14. The van der Waals surface area contributed by atoms with Gasteiger partial charge in [0.25, 0.3) is 0 Å². The molecule has 0 aliphatic carbocycles. The zero-order chi connectivity index (χ0) is 15.4. The minimum absolute atomic E-state index is 0.244. The highest BCUT2D eigenvalue weighted by atomic mass is 32.1. The second-order valence-corrected chi connectivity index (χ2v) is 5.85. The van der Waals surface area contributed by atoms with Crippen molar-refractivity contribution in [2.45, 2.75) is 26.8 Å². The predicted octanol–water partition coefficient (Wildman–Crippen LogP) is 3.60. The van der Waals surface area contributed by atoms with Gasteiger partial charge in [0.05, 0.1) is 35.7 Å². The molecule has 0 fully saturated rings. The molecule has 2 rings (SSSR count). The molecule has 0 aliphatic heterocycles. The van der Waals surface area contributed by atoms with Gasteiger partial charge in [-0.3, -0.25) is 0 Å². The summed E-state index contributed by atoms with van der Waals surface area (Å²) in [6.45, 7) is 5.12. The molecular weight excluding hydrogens is 289 g/mol. The molecule has 1 heterocycles. The molecule has 0 saturated carbocycles. The van der Waals surface area contributed by atoms with E-state index >= 15 is 0 Å². The first-order valence-corrected chi connectivity index (χ1v) is 7.72. The van der Waals surface area contributed by atoms with Gasteiger partial charge in [-0.1, -0.05) is 6.92 Å². The fourth-order valence-corrected chi connectivity index (χ4v) is 2.82. The molecule has 1 aromatic heterocycles. The van der Waals surface area contributed by atoms with Crippen LogP contribution >= 0.6 is 11.3 Å². The van der Waals surface area contributed by atoms with E-state index in [0.29, 0.717) is 18.8 Å². The Morgan fingerprint density at radius 3 is 2.81 bits per heavy atom. The van der Waals surface area contributed by atoms with Gasteiger partial charge in [-0.15, -0.1) is 11.3 Å². The highest BCUT2D eigenvalue weighted by Crippen LogP contribution is 2.32. The Morgan fingerprint density at radius 2 is 2.19 bits per heavy atom. The predicted molar refractivity (Wildman–Crippen MR) is 85.6 cm³/mol. The molecule has 0 unspecified atom stereocenters. The van der Waals surface area contributed by atoms with E-state index in [2.05, 4.69) is 4.98 Å². The van der Waals surface area contributed by atoms with Gasteiger partial charge in [0, 0.05) is 24.1 Å². The minimum Gasteiger partial charge on any atom is -0.490 e. The molecular formula is C15H20FN3OS. The van der Waals surface area contributed by atoms with Crippen LogP contribution in [0.3, 0.4) is 0 Å². The van der Waals surface area contributed by atoms with Gasteiger partial charge < -0.3 is 15.4 Å². The van der Waals surface area contributed by atoms with Crippen LogP contribution in [-0.2, 0) is 6.54 Å². The third-order valence-electron chi connectivity index (χ3n) is 3.18. The fourth-order valence-electron chi connectivity index (χ4n) is 1.99. The summed E-state index contributed by atoms with van der Waals surface area (Å²) in [6, 6.07) is 2.98. The van der Waals surface area contributed by atoms with E-state index in [1.54, 1.807) is 17.4 Å². The van der Waals surface area contributed by atoms with Gasteiger partial charge >= 0.3 is 0 Å². The van der Waals surface area contributed by atoms with Crippen molar-refractivity contribution in [3.05, 3.63) is 34.0 Å². The van der Waals surface area contributed by atoms with Crippen LogP contribution in [0.4, 0.5) is 15.8 Å². The fraction of sp³-hybridized carbons (Fsp3) is 0.400. The SMILES string of the molecule is CCCOc1cc(N(C)Cc2scnc2C)c(N)cc1F. The lowest BCUT2D eigenvalue weighted by Gasteiger charge is -2.22. The molecule has 114 valence electrons. The molecule has 6 heteroatoms. The van der Waals surface area contributed by atoms with Gasteiger partial charge in [-0.05, 0) is 13.3 Å². The number of nitrogens with two attached hydrogens (primary N) is 1. The third-order valence-corrected chi connectivity index (χ3v) is 4.10. The van der Waals surface area contributed by atoms with E-state index < -0.39 is 5.82 Å². The summed E-state index contributed by atoms with van der Waals surface area (Å²) in [5, 5.41) is 0. The first kappa shape index (κ1) is 15.6. The molecule has 0 aliphatic rings. The molecule has 0 atom stereocenters. The maximum Gasteiger partial charge on any atom is 0.167 e. The Bertz CT molecular complexity index is 615. The summed E-state index contributed by atoms with van der Waals surface area (Å²) in [6.07, 6.45) is 0.828. The highest BCUT2D eigenvalue weighted by molar-refractivity contribution is 7.09. The quantitative estimate of drug-likeness (QED) is 0.828. The van der Waals surface area contributed by atoms with Crippen molar-refractivity contribution in [2.24, 2.45) is 0 Å². The molecule has 1 aromatic carbocycles. The number of thiazole rings is 1. The van der Waals surface area contributed by atoms with E-state index in [4.69, 9.17) is 10.5 Å². The average molecular weight is 309 g/mol. The number of anilines is 2. The molecule has 21 heavy (non-hydrogen) atoms. The topological polar surface area (TPSA) is 51.4 Å². The maximum atomic E-state index is 13.8. The number of aryl methyl sites for hydroxylation is 1. The normalized spacial score (nSPS) is 10.7. The standard InChI is InChI=1S/C15H20FN3OS/c1-4-5-20-14-7-13(12(17)6-11(14)16)19(3)8-15-10(2)18-9-21-15/h6-7,9H,4-5,8,17H2,1-3H3. The summed E-state index contributed by atoms with van der Waals surface area (Å²) >= 11 is 1.60. The Balaban J connectivity index is 2.23. The summed E-state index contributed by atoms with van der Waals surface area (Å²) in [5.41, 5.74) is 9.93. The van der Waals surface area contributed by atoms with Crippen molar-refractivity contribution in [1.29, 1.82) is 0 Å². The van der Waals surface area contributed by atoms with Gasteiger partial charge in [0.2, 0.25) is 0 Å². The van der Waals surface area contributed by atoms with Gasteiger partial charge in [0.15, 0.2) is 11.6 Å². The van der Waals surface area contributed by atoms with Crippen LogP contribution < -0.4 is 15.4 Å². The van der Waals surface area contributed by atoms with Gasteiger partial charge in [-0.2, -0.15) is 0 Å². The number of benzene rings is 1. The number of halogens is 1. The molecule has 4 nitrogen and oxygen atoms in total. The molecule has 0 bridgehead atoms. The molecule has 0 spiro atoms. The number of ether oxygens (including phenoxy) is 1. The number of hydrogen-bond acceptors (Lipinski definition) is 5. The van der Waals surface area contributed by atoms with E-state index in [-0.39, 0.29) is 5.75 Å². The second-order valence-electron chi connectivity index (χ2n) is 4.91.